The van der Waals surface area contributed by atoms with E-state index >= 15 is 0 Å². The fraction of sp³-hybridized carbons (Fsp3) is 0.471. The lowest BCUT2D eigenvalue weighted by Gasteiger charge is -2.11. The van der Waals surface area contributed by atoms with E-state index in [-0.39, 0.29) is 6.61 Å². The maximum absolute atomic E-state index is 8.94. The smallest absolute Gasteiger partial charge is 0.0649 e. The predicted octanol–water partition coefficient (Wildman–Crippen LogP) is 3.25. The molecule has 0 radical (unpaired) electrons. The van der Waals surface area contributed by atoms with Gasteiger partial charge in [-0.05, 0) is 57.0 Å². The Morgan fingerprint density at radius 3 is 2.59 bits per heavy atom. The second-order valence-electron chi connectivity index (χ2n) is 5.79. The maximum atomic E-state index is 8.94. The average molecular weight is 322 g/mol. The van der Waals surface area contributed by atoms with Crippen LogP contribution in [0.1, 0.15) is 30.3 Å². The molecule has 0 amide bonds. The third-order valence-corrected chi connectivity index (χ3v) is 4.18. The molecule has 1 unspecified atom stereocenters. The van der Waals surface area contributed by atoms with Gasteiger partial charge in [-0.25, -0.2) is 4.68 Å². The zero-order valence-electron chi connectivity index (χ0n) is 13.4. The number of hydrogen-bond donors (Lipinski definition) is 2. The van der Waals surface area contributed by atoms with Crippen molar-refractivity contribution < 1.29 is 5.11 Å². The van der Waals surface area contributed by atoms with E-state index in [1.807, 2.05) is 35.9 Å². The quantitative estimate of drug-likeness (QED) is 0.823. The summed E-state index contributed by atoms with van der Waals surface area (Å²) in [4.78, 5) is 0. The van der Waals surface area contributed by atoms with E-state index in [1.54, 1.807) is 0 Å². The fourth-order valence-corrected chi connectivity index (χ4v) is 2.66. The SMILES string of the molecule is Cc1nn(-c2ccc(Cl)cc2)c(C)c1CNCC(C)CCO. The number of aliphatic hydroxyl groups is 1. The molecule has 1 heterocycles. The van der Waals surface area contributed by atoms with Gasteiger partial charge < -0.3 is 10.4 Å². The minimum absolute atomic E-state index is 0.245. The first-order valence-corrected chi connectivity index (χ1v) is 8.03. The maximum Gasteiger partial charge on any atom is 0.0649 e. The Labute approximate surface area is 137 Å². The van der Waals surface area contributed by atoms with Crippen LogP contribution in [0.25, 0.3) is 5.69 Å². The van der Waals surface area contributed by atoms with E-state index < -0.39 is 0 Å². The molecule has 4 nitrogen and oxygen atoms in total. The zero-order chi connectivity index (χ0) is 16.1. The van der Waals surface area contributed by atoms with Gasteiger partial charge in [-0.15, -0.1) is 0 Å². The van der Waals surface area contributed by atoms with E-state index in [4.69, 9.17) is 16.7 Å². The average Bonchev–Trinajstić information content (AvgIpc) is 2.76. The first kappa shape index (κ1) is 17.0. The molecule has 0 aliphatic carbocycles. The molecule has 1 aromatic heterocycles. The molecule has 0 aliphatic heterocycles. The molecule has 2 N–H and O–H groups in total. The third-order valence-electron chi connectivity index (χ3n) is 3.93. The van der Waals surface area contributed by atoms with Crippen molar-refractivity contribution in [3.63, 3.8) is 0 Å². The number of aliphatic hydroxyl groups excluding tert-OH is 1. The zero-order valence-corrected chi connectivity index (χ0v) is 14.2. The fourth-order valence-electron chi connectivity index (χ4n) is 2.53. The number of rotatable bonds is 7. The van der Waals surface area contributed by atoms with Crippen molar-refractivity contribution in [1.29, 1.82) is 0 Å². The van der Waals surface area contributed by atoms with Gasteiger partial charge >= 0.3 is 0 Å². The summed E-state index contributed by atoms with van der Waals surface area (Å²) >= 11 is 5.94. The number of hydrogen-bond acceptors (Lipinski definition) is 3. The number of aromatic nitrogens is 2. The molecule has 5 heteroatoms. The standard InChI is InChI=1S/C17H24ClN3O/c1-12(8-9-22)10-19-11-17-13(2)20-21(14(17)3)16-6-4-15(18)5-7-16/h4-7,12,19,22H,8-11H2,1-3H3. The van der Waals surface area contributed by atoms with E-state index in [9.17, 15) is 0 Å². The van der Waals surface area contributed by atoms with Crippen LogP contribution in [-0.4, -0.2) is 28.0 Å². The first-order chi connectivity index (χ1) is 10.5. The van der Waals surface area contributed by atoms with Crippen molar-refractivity contribution in [1.82, 2.24) is 15.1 Å². The van der Waals surface area contributed by atoms with Crippen molar-refractivity contribution in [2.75, 3.05) is 13.2 Å². The van der Waals surface area contributed by atoms with Crippen molar-refractivity contribution in [3.05, 3.63) is 46.2 Å². The molecule has 120 valence electrons. The lowest BCUT2D eigenvalue weighted by atomic mass is 10.1. The summed E-state index contributed by atoms with van der Waals surface area (Å²) in [5.41, 5.74) is 4.42. The van der Waals surface area contributed by atoms with Gasteiger partial charge in [0.1, 0.15) is 0 Å². The molecule has 2 aromatic rings. The second kappa shape index (κ2) is 7.77. The van der Waals surface area contributed by atoms with Gasteiger partial charge in [-0.2, -0.15) is 5.10 Å². The lowest BCUT2D eigenvalue weighted by molar-refractivity contribution is 0.260. The number of benzene rings is 1. The topological polar surface area (TPSA) is 50.1 Å². The highest BCUT2D eigenvalue weighted by molar-refractivity contribution is 6.30. The largest absolute Gasteiger partial charge is 0.396 e. The molecular formula is C17H24ClN3O. The third kappa shape index (κ3) is 4.09. The molecule has 0 saturated carbocycles. The Morgan fingerprint density at radius 1 is 1.27 bits per heavy atom. The summed E-state index contributed by atoms with van der Waals surface area (Å²) in [5.74, 6) is 0.469. The van der Waals surface area contributed by atoms with Crippen LogP contribution in [0.5, 0.6) is 0 Å². The summed E-state index contributed by atoms with van der Waals surface area (Å²) in [5, 5.41) is 17.8. The summed E-state index contributed by atoms with van der Waals surface area (Å²) in [6.45, 7) is 8.19. The van der Waals surface area contributed by atoms with Gasteiger partial charge in [0.15, 0.2) is 0 Å². The minimum atomic E-state index is 0.245. The summed E-state index contributed by atoms with van der Waals surface area (Å²) < 4.78 is 1.96. The molecule has 0 spiro atoms. The molecule has 1 atom stereocenters. The van der Waals surface area contributed by atoms with E-state index in [2.05, 4.69) is 24.3 Å². The molecule has 0 saturated heterocycles. The van der Waals surface area contributed by atoms with Gasteiger partial charge in [0.2, 0.25) is 0 Å². The van der Waals surface area contributed by atoms with Crippen LogP contribution in [0.15, 0.2) is 24.3 Å². The van der Waals surface area contributed by atoms with E-state index in [1.165, 1.54) is 5.56 Å². The predicted molar refractivity (Wildman–Crippen MR) is 90.6 cm³/mol. The molecule has 0 aliphatic rings. The summed E-state index contributed by atoms with van der Waals surface area (Å²) in [6.07, 6.45) is 0.828. The van der Waals surface area contributed by atoms with Crippen LogP contribution in [0.4, 0.5) is 0 Å². The number of halogens is 1. The molecule has 22 heavy (non-hydrogen) atoms. The van der Waals surface area contributed by atoms with E-state index in [0.29, 0.717) is 5.92 Å². The van der Waals surface area contributed by atoms with Crippen LogP contribution in [0, 0.1) is 19.8 Å². The number of nitrogens with one attached hydrogen (secondary N) is 1. The normalized spacial score (nSPS) is 12.6. The highest BCUT2D eigenvalue weighted by Crippen LogP contribution is 2.19. The Morgan fingerprint density at radius 2 is 1.95 bits per heavy atom. The molecule has 0 fully saturated rings. The van der Waals surface area contributed by atoms with Gasteiger partial charge in [0, 0.05) is 29.4 Å². The Kier molecular flexibility index (Phi) is 6.00. The van der Waals surface area contributed by atoms with E-state index in [0.717, 1.165) is 41.6 Å². The lowest BCUT2D eigenvalue weighted by Crippen LogP contribution is -2.22. The second-order valence-corrected chi connectivity index (χ2v) is 6.22. The molecular weight excluding hydrogens is 298 g/mol. The monoisotopic (exact) mass is 321 g/mol. The highest BCUT2D eigenvalue weighted by Gasteiger charge is 2.12. The van der Waals surface area contributed by atoms with Crippen LogP contribution in [-0.2, 0) is 6.54 Å². The van der Waals surface area contributed by atoms with Crippen molar-refractivity contribution >= 4 is 11.6 Å². The van der Waals surface area contributed by atoms with Crippen LogP contribution >= 0.6 is 11.6 Å². The van der Waals surface area contributed by atoms with Crippen molar-refractivity contribution in [2.24, 2.45) is 5.92 Å². The highest BCUT2D eigenvalue weighted by atomic mass is 35.5. The Hall–Kier alpha value is -1.36. The van der Waals surface area contributed by atoms with Gasteiger partial charge in [-0.3, -0.25) is 0 Å². The number of nitrogens with zero attached hydrogens (tertiary/aromatic N) is 2. The van der Waals surface area contributed by atoms with Crippen LogP contribution in [0.2, 0.25) is 5.02 Å². The Balaban J connectivity index is 2.09. The molecule has 1 aromatic carbocycles. The van der Waals surface area contributed by atoms with Crippen molar-refractivity contribution in [2.45, 2.75) is 33.7 Å². The minimum Gasteiger partial charge on any atom is -0.396 e. The summed E-state index contributed by atoms with van der Waals surface area (Å²) in [7, 11) is 0. The van der Waals surface area contributed by atoms with Crippen LogP contribution < -0.4 is 5.32 Å². The van der Waals surface area contributed by atoms with Crippen molar-refractivity contribution in [3.8, 4) is 5.69 Å². The van der Waals surface area contributed by atoms with Gasteiger partial charge in [0.25, 0.3) is 0 Å². The van der Waals surface area contributed by atoms with Crippen LogP contribution in [0.3, 0.4) is 0 Å². The Bertz CT molecular complexity index is 607. The first-order valence-electron chi connectivity index (χ1n) is 7.65. The van der Waals surface area contributed by atoms with Gasteiger partial charge in [0.05, 0.1) is 11.4 Å². The number of aryl methyl sites for hydroxylation is 1. The summed E-state index contributed by atoms with van der Waals surface area (Å²) in [6, 6.07) is 7.70. The van der Waals surface area contributed by atoms with Gasteiger partial charge in [-0.1, -0.05) is 18.5 Å². The molecule has 2 rings (SSSR count). The molecule has 0 bridgehead atoms.